The lowest BCUT2D eigenvalue weighted by Crippen LogP contribution is -2.44. The molecule has 6 heteroatoms. The molecule has 132 valence electrons. The van der Waals surface area contributed by atoms with Crippen molar-refractivity contribution in [1.82, 2.24) is 10.2 Å². The first-order valence-electron chi connectivity index (χ1n) is 8.51. The molecule has 1 saturated heterocycles. The Balaban J connectivity index is 1.86. The fraction of sp³-hybridized carbons (Fsp3) is 0.556. The number of nitrogens with one attached hydrogen (secondary N) is 2. The van der Waals surface area contributed by atoms with E-state index in [4.69, 9.17) is 4.74 Å². The summed E-state index contributed by atoms with van der Waals surface area (Å²) in [7, 11) is 0. The van der Waals surface area contributed by atoms with E-state index in [2.05, 4.69) is 24.5 Å². The molecule has 2 rings (SSSR count). The van der Waals surface area contributed by atoms with E-state index >= 15 is 0 Å². The number of rotatable bonds is 5. The number of anilines is 1. The van der Waals surface area contributed by atoms with Gasteiger partial charge >= 0.3 is 6.03 Å². The smallest absolute Gasteiger partial charge is 0.319 e. The van der Waals surface area contributed by atoms with Gasteiger partial charge in [-0.25, -0.2) is 4.79 Å². The van der Waals surface area contributed by atoms with Gasteiger partial charge in [0.1, 0.15) is 0 Å². The van der Waals surface area contributed by atoms with Gasteiger partial charge in [-0.1, -0.05) is 13.8 Å². The molecule has 1 aliphatic rings. The molecule has 1 aromatic carbocycles. The van der Waals surface area contributed by atoms with Crippen LogP contribution in [0.3, 0.4) is 0 Å². The first-order valence-corrected chi connectivity index (χ1v) is 8.51. The van der Waals surface area contributed by atoms with Crippen LogP contribution in [-0.4, -0.2) is 49.2 Å². The van der Waals surface area contributed by atoms with E-state index in [0.717, 1.165) is 6.42 Å². The van der Waals surface area contributed by atoms with Crippen LogP contribution in [-0.2, 0) is 4.74 Å². The van der Waals surface area contributed by atoms with Gasteiger partial charge in [-0.3, -0.25) is 4.79 Å². The Kier molecular flexibility index (Phi) is 6.61. The van der Waals surface area contributed by atoms with Crippen molar-refractivity contribution in [1.29, 1.82) is 0 Å². The van der Waals surface area contributed by atoms with Gasteiger partial charge in [0.15, 0.2) is 0 Å². The van der Waals surface area contributed by atoms with Crippen LogP contribution in [0.15, 0.2) is 24.3 Å². The highest BCUT2D eigenvalue weighted by Gasteiger charge is 2.22. The Hall–Kier alpha value is -2.08. The summed E-state index contributed by atoms with van der Waals surface area (Å²) in [6, 6.07) is 6.76. The van der Waals surface area contributed by atoms with E-state index in [1.807, 2.05) is 6.92 Å². The number of morpholine rings is 1. The first kappa shape index (κ1) is 18.3. The quantitative estimate of drug-likeness (QED) is 0.870. The molecule has 0 aromatic heterocycles. The summed E-state index contributed by atoms with van der Waals surface area (Å²) >= 11 is 0. The van der Waals surface area contributed by atoms with Gasteiger partial charge in [-0.15, -0.1) is 0 Å². The van der Waals surface area contributed by atoms with Crippen LogP contribution >= 0.6 is 0 Å². The van der Waals surface area contributed by atoms with Crippen LogP contribution in [0.25, 0.3) is 0 Å². The predicted molar refractivity (Wildman–Crippen MR) is 94.2 cm³/mol. The molecule has 0 radical (unpaired) electrons. The van der Waals surface area contributed by atoms with E-state index in [1.54, 1.807) is 29.2 Å². The van der Waals surface area contributed by atoms with Crippen molar-refractivity contribution in [3.05, 3.63) is 29.8 Å². The second kappa shape index (κ2) is 8.68. The van der Waals surface area contributed by atoms with Gasteiger partial charge in [0.25, 0.3) is 5.91 Å². The van der Waals surface area contributed by atoms with Gasteiger partial charge in [0.2, 0.25) is 0 Å². The Morgan fingerprint density at radius 1 is 1.29 bits per heavy atom. The number of benzene rings is 1. The highest BCUT2D eigenvalue weighted by atomic mass is 16.5. The Bertz CT molecular complexity index is 557. The molecular formula is C18H27N3O3. The summed E-state index contributed by atoms with van der Waals surface area (Å²) in [6.45, 7) is 8.64. The summed E-state index contributed by atoms with van der Waals surface area (Å²) in [6.07, 6.45) is 1.01. The van der Waals surface area contributed by atoms with Gasteiger partial charge < -0.3 is 20.3 Å². The van der Waals surface area contributed by atoms with E-state index in [9.17, 15) is 9.59 Å². The number of hydrogen-bond acceptors (Lipinski definition) is 3. The third-order valence-corrected chi connectivity index (χ3v) is 3.93. The molecule has 6 nitrogen and oxygen atoms in total. The van der Waals surface area contributed by atoms with Crippen molar-refractivity contribution in [2.75, 3.05) is 31.6 Å². The number of carbonyl (C=O) groups excluding carboxylic acids is 2. The van der Waals surface area contributed by atoms with E-state index in [1.165, 1.54) is 0 Å². The maximum absolute atomic E-state index is 12.5. The topological polar surface area (TPSA) is 70.7 Å². The molecule has 1 fully saturated rings. The molecule has 0 bridgehead atoms. The number of urea groups is 1. The van der Waals surface area contributed by atoms with E-state index < -0.39 is 0 Å². The molecule has 0 aliphatic carbocycles. The Labute approximate surface area is 143 Å². The molecule has 1 aliphatic heterocycles. The first-order chi connectivity index (χ1) is 11.5. The summed E-state index contributed by atoms with van der Waals surface area (Å²) in [5.41, 5.74) is 1.29. The van der Waals surface area contributed by atoms with Gasteiger partial charge in [0.05, 0.1) is 12.7 Å². The second-order valence-electron chi connectivity index (χ2n) is 6.57. The molecule has 1 atom stereocenters. The molecule has 24 heavy (non-hydrogen) atoms. The fourth-order valence-electron chi connectivity index (χ4n) is 2.53. The van der Waals surface area contributed by atoms with E-state index in [-0.39, 0.29) is 18.0 Å². The van der Waals surface area contributed by atoms with Crippen LogP contribution in [0.1, 0.15) is 37.6 Å². The molecule has 0 saturated carbocycles. The minimum absolute atomic E-state index is 0.00177. The largest absolute Gasteiger partial charge is 0.375 e. The Morgan fingerprint density at radius 3 is 2.62 bits per heavy atom. The molecule has 1 heterocycles. The molecule has 0 spiro atoms. The van der Waals surface area contributed by atoms with Crippen molar-refractivity contribution < 1.29 is 14.3 Å². The predicted octanol–water partition coefficient (Wildman–Crippen LogP) is 2.72. The maximum Gasteiger partial charge on any atom is 0.319 e. The van der Waals surface area contributed by atoms with Crippen molar-refractivity contribution in [3.63, 3.8) is 0 Å². The lowest BCUT2D eigenvalue weighted by molar-refractivity contribution is -0.0124. The zero-order valence-electron chi connectivity index (χ0n) is 14.7. The lowest BCUT2D eigenvalue weighted by Gasteiger charge is -2.31. The van der Waals surface area contributed by atoms with Crippen LogP contribution in [0.2, 0.25) is 0 Å². The van der Waals surface area contributed by atoms with Gasteiger partial charge in [-0.2, -0.15) is 0 Å². The standard InChI is InChI=1S/C18H27N3O3/c1-13(2)8-9-19-18(23)20-16-6-4-15(5-7-16)17(22)21-10-11-24-14(3)12-21/h4-7,13-14H,8-12H2,1-3H3,(H2,19,20,23). The monoisotopic (exact) mass is 333 g/mol. The zero-order valence-corrected chi connectivity index (χ0v) is 14.7. The number of amides is 3. The van der Waals surface area contributed by atoms with Crippen LogP contribution in [0.4, 0.5) is 10.5 Å². The Morgan fingerprint density at radius 2 is 2.00 bits per heavy atom. The summed E-state index contributed by atoms with van der Waals surface area (Å²) in [5.74, 6) is 0.552. The van der Waals surface area contributed by atoms with Crippen LogP contribution in [0, 0.1) is 5.92 Å². The SMILES string of the molecule is CC(C)CCNC(=O)Nc1ccc(C(=O)N2CCOC(C)C2)cc1. The average molecular weight is 333 g/mol. The number of carbonyl (C=O) groups is 2. The average Bonchev–Trinajstić information content (AvgIpc) is 2.54. The number of nitrogens with zero attached hydrogens (tertiary/aromatic N) is 1. The van der Waals surface area contributed by atoms with Gasteiger partial charge in [0, 0.05) is 30.9 Å². The van der Waals surface area contributed by atoms with Crippen LogP contribution < -0.4 is 10.6 Å². The van der Waals surface area contributed by atoms with Crippen LogP contribution in [0.5, 0.6) is 0 Å². The molecular weight excluding hydrogens is 306 g/mol. The summed E-state index contributed by atoms with van der Waals surface area (Å²) < 4.78 is 5.46. The zero-order chi connectivity index (χ0) is 17.5. The third kappa shape index (κ3) is 5.53. The highest BCUT2D eigenvalue weighted by molar-refractivity contribution is 5.95. The number of hydrogen-bond donors (Lipinski definition) is 2. The molecule has 1 aromatic rings. The number of ether oxygens (including phenoxy) is 1. The molecule has 2 N–H and O–H groups in total. The summed E-state index contributed by atoms with van der Waals surface area (Å²) in [5, 5.41) is 5.59. The fourth-order valence-corrected chi connectivity index (χ4v) is 2.53. The minimum atomic E-state index is -0.225. The second-order valence-corrected chi connectivity index (χ2v) is 6.57. The highest BCUT2D eigenvalue weighted by Crippen LogP contribution is 2.14. The third-order valence-electron chi connectivity index (χ3n) is 3.93. The molecule has 1 unspecified atom stereocenters. The summed E-state index contributed by atoms with van der Waals surface area (Å²) in [4.78, 5) is 26.0. The van der Waals surface area contributed by atoms with E-state index in [0.29, 0.717) is 43.4 Å². The van der Waals surface area contributed by atoms with Gasteiger partial charge in [-0.05, 0) is 43.5 Å². The van der Waals surface area contributed by atoms with Crippen molar-refractivity contribution >= 4 is 17.6 Å². The minimum Gasteiger partial charge on any atom is -0.375 e. The normalized spacial score (nSPS) is 17.7. The van der Waals surface area contributed by atoms with Crippen molar-refractivity contribution in [2.24, 2.45) is 5.92 Å². The molecule has 3 amide bonds. The lowest BCUT2D eigenvalue weighted by atomic mass is 10.1. The van der Waals surface area contributed by atoms with Crippen molar-refractivity contribution in [2.45, 2.75) is 33.3 Å². The maximum atomic E-state index is 12.5. The van der Waals surface area contributed by atoms with Crippen molar-refractivity contribution in [3.8, 4) is 0 Å².